The van der Waals surface area contributed by atoms with Crippen LogP contribution in [0.5, 0.6) is 0 Å². The molecule has 0 radical (unpaired) electrons. The van der Waals surface area contributed by atoms with E-state index >= 15 is 0 Å². The summed E-state index contributed by atoms with van der Waals surface area (Å²) in [7, 11) is 3.46. The van der Waals surface area contributed by atoms with Gasteiger partial charge in [0.05, 0.1) is 11.4 Å². The molecule has 4 nitrogen and oxygen atoms in total. The zero-order valence-corrected chi connectivity index (χ0v) is 13.4. The van der Waals surface area contributed by atoms with Crippen molar-refractivity contribution in [3.8, 4) is 0 Å². The molecular formula is C16H27N3O. The topological polar surface area (TPSA) is 58.4 Å². The lowest BCUT2D eigenvalue weighted by Gasteiger charge is -2.28. The molecule has 1 aromatic carbocycles. The van der Waals surface area contributed by atoms with Crippen LogP contribution in [0.4, 0.5) is 11.4 Å². The number of rotatable bonds is 4. The van der Waals surface area contributed by atoms with E-state index in [1.807, 2.05) is 12.1 Å². The third-order valence-electron chi connectivity index (χ3n) is 3.78. The number of benzene rings is 1. The molecule has 3 N–H and O–H groups in total. The van der Waals surface area contributed by atoms with Crippen LogP contribution >= 0.6 is 0 Å². The highest BCUT2D eigenvalue weighted by atomic mass is 16.2. The first-order chi connectivity index (χ1) is 9.12. The van der Waals surface area contributed by atoms with Gasteiger partial charge in [0.2, 0.25) is 0 Å². The van der Waals surface area contributed by atoms with Crippen LogP contribution in [0.2, 0.25) is 0 Å². The molecule has 0 aliphatic rings. The van der Waals surface area contributed by atoms with Crippen molar-refractivity contribution in [1.29, 1.82) is 0 Å². The van der Waals surface area contributed by atoms with Crippen LogP contribution in [0.3, 0.4) is 0 Å². The molecular weight excluding hydrogens is 250 g/mol. The monoisotopic (exact) mass is 277 g/mol. The van der Waals surface area contributed by atoms with Crippen molar-refractivity contribution in [2.75, 3.05) is 31.7 Å². The number of carbonyl (C=O) groups excluding carboxylic acids is 1. The van der Waals surface area contributed by atoms with Gasteiger partial charge in [-0.25, -0.2) is 0 Å². The zero-order chi connectivity index (χ0) is 15.5. The van der Waals surface area contributed by atoms with Crippen LogP contribution in [0.25, 0.3) is 0 Å². The Hall–Kier alpha value is -1.71. The molecule has 112 valence electrons. The molecule has 0 spiro atoms. The summed E-state index contributed by atoms with van der Waals surface area (Å²) in [5.74, 6) is 0.483. The first kappa shape index (κ1) is 16.3. The number of anilines is 2. The number of hydrogen-bond acceptors (Lipinski definition) is 3. The average molecular weight is 277 g/mol. The summed E-state index contributed by atoms with van der Waals surface area (Å²) in [4.78, 5) is 13.4. The first-order valence-corrected chi connectivity index (χ1v) is 6.98. The molecule has 1 rings (SSSR count). The molecule has 0 saturated heterocycles. The fraction of sp³-hybridized carbons (Fsp3) is 0.562. The van der Waals surface area contributed by atoms with Crippen LogP contribution in [0, 0.1) is 11.3 Å². The van der Waals surface area contributed by atoms with Gasteiger partial charge in [0.25, 0.3) is 5.91 Å². The van der Waals surface area contributed by atoms with Gasteiger partial charge in [0, 0.05) is 26.2 Å². The molecule has 0 fully saturated rings. The quantitative estimate of drug-likeness (QED) is 0.832. The van der Waals surface area contributed by atoms with Gasteiger partial charge < -0.3 is 16.0 Å². The van der Waals surface area contributed by atoms with Crippen LogP contribution in [0.15, 0.2) is 18.2 Å². The van der Waals surface area contributed by atoms with Gasteiger partial charge in [0.1, 0.15) is 0 Å². The minimum atomic E-state index is -0.0358. The van der Waals surface area contributed by atoms with E-state index in [4.69, 9.17) is 5.73 Å². The van der Waals surface area contributed by atoms with Crippen molar-refractivity contribution >= 4 is 17.3 Å². The summed E-state index contributed by atoms with van der Waals surface area (Å²) in [6, 6.07) is 5.41. The molecule has 0 saturated carbocycles. The van der Waals surface area contributed by atoms with Crippen molar-refractivity contribution in [3.05, 3.63) is 23.8 Å². The fourth-order valence-corrected chi connectivity index (χ4v) is 1.68. The van der Waals surface area contributed by atoms with E-state index in [2.05, 4.69) is 33.0 Å². The Morgan fingerprint density at radius 3 is 2.40 bits per heavy atom. The van der Waals surface area contributed by atoms with Crippen LogP contribution in [-0.2, 0) is 0 Å². The normalized spacial score (nSPS) is 12.9. The Kier molecular flexibility index (Phi) is 5.03. The SMILES string of the molecule is CC(CNc1ccc(C(=O)N(C)C)cc1N)C(C)(C)C. The van der Waals surface area contributed by atoms with Crippen molar-refractivity contribution in [1.82, 2.24) is 4.90 Å². The number of nitrogens with two attached hydrogens (primary N) is 1. The lowest BCUT2D eigenvalue weighted by atomic mass is 9.82. The standard InChI is InChI=1S/C16H27N3O/c1-11(16(2,3)4)10-18-14-8-7-12(9-13(14)17)15(20)19(5)6/h7-9,11,18H,10,17H2,1-6H3. The molecule has 1 amide bonds. The maximum Gasteiger partial charge on any atom is 0.253 e. The molecule has 0 aromatic heterocycles. The maximum atomic E-state index is 11.9. The molecule has 1 unspecified atom stereocenters. The first-order valence-electron chi connectivity index (χ1n) is 6.98. The molecule has 20 heavy (non-hydrogen) atoms. The van der Waals surface area contributed by atoms with Gasteiger partial charge in [-0.15, -0.1) is 0 Å². The van der Waals surface area contributed by atoms with Gasteiger partial charge >= 0.3 is 0 Å². The van der Waals surface area contributed by atoms with Gasteiger partial charge in [0.15, 0.2) is 0 Å². The lowest BCUT2D eigenvalue weighted by molar-refractivity contribution is 0.0827. The van der Waals surface area contributed by atoms with Crippen LogP contribution < -0.4 is 11.1 Å². The summed E-state index contributed by atoms with van der Waals surface area (Å²) < 4.78 is 0. The highest BCUT2D eigenvalue weighted by Crippen LogP contribution is 2.27. The fourth-order valence-electron chi connectivity index (χ4n) is 1.68. The maximum absolute atomic E-state index is 11.9. The second-order valence-electron chi connectivity index (χ2n) is 6.65. The third-order valence-corrected chi connectivity index (χ3v) is 3.78. The van der Waals surface area contributed by atoms with E-state index in [-0.39, 0.29) is 11.3 Å². The van der Waals surface area contributed by atoms with E-state index in [9.17, 15) is 4.79 Å². The number of amides is 1. The Bertz CT molecular complexity index is 475. The molecule has 0 aliphatic carbocycles. The number of hydrogen-bond donors (Lipinski definition) is 2. The van der Waals surface area contributed by atoms with Gasteiger partial charge in [-0.1, -0.05) is 27.7 Å². The van der Waals surface area contributed by atoms with Crippen molar-refractivity contribution in [2.45, 2.75) is 27.7 Å². The van der Waals surface area contributed by atoms with Gasteiger partial charge in [-0.3, -0.25) is 4.79 Å². The van der Waals surface area contributed by atoms with Crippen LogP contribution in [-0.4, -0.2) is 31.4 Å². The molecule has 4 heteroatoms. The average Bonchev–Trinajstić information content (AvgIpc) is 2.34. The number of nitrogens with one attached hydrogen (secondary N) is 1. The lowest BCUT2D eigenvalue weighted by Crippen LogP contribution is -2.25. The summed E-state index contributed by atoms with van der Waals surface area (Å²) in [5, 5.41) is 3.36. The molecule has 0 aliphatic heterocycles. The smallest absolute Gasteiger partial charge is 0.253 e. The van der Waals surface area contributed by atoms with Gasteiger partial charge in [-0.05, 0) is 29.5 Å². The van der Waals surface area contributed by atoms with Crippen molar-refractivity contribution < 1.29 is 4.79 Å². The molecule has 0 bridgehead atoms. The second-order valence-corrected chi connectivity index (χ2v) is 6.65. The predicted octanol–water partition coefficient (Wildman–Crippen LogP) is 3.06. The third kappa shape index (κ3) is 4.15. The number of nitrogens with zero attached hydrogens (tertiary/aromatic N) is 1. The minimum absolute atomic E-state index is 0.0358. The van der Waals surface area contributed by atoms with Gasteiger partial charge in [-0.2, -0.15) is 0 Å². The minimum Gasteiger partial charge on any atom is -0.397 e. The van der Waals surface area contributed by atoms with E-state index in [1.54, 1.807) is 25.1 Å². The second kappa shape index (κ2) is 6.16. The van der Waals surface area contributed by atoms with Crippen molar-refractivity contribution in [3.63, 3.8) is 0 Å². The Morgan fingerprint density at radius 2 is 1.95 bits per heavy atom. The summed E-state index contributed by atoms with van der Waals surface area (Å²) in [6.07, 6.45) is 0. The molecule has 0 heterocycles. The van der Waals surface area contributed by atoms with E-state index < -0.39 is 0 Å². The zero-order valence-electron chi connectivity index (χ0n) is 13.4. The highest BCUT2D eigenvalue weighted by Gasteiger charge is 2.19. The van der Waals surface area contributed by atoms with Crippen LogP contribution in [0.1, 0.15) is 38.1 Å². The number of carbonyl (C=O) groups is 1. The Balaban J connectivity index is 2.77. The highest BCUT2D eigenvalue weighted by molar-refractivity contribution is 5.95. The number of nitrogen functional groups attached to an aromatic ring is 1. The summed E-state index contributed by atoms with van der Waals surface area (Å²) in [6.45, 7) is 9.74. The Morgan fingerprint density at radius 1 is 1.35 bits per heavy atom. The van der Waals surface area contributed by atoms with E-state index in [1.165, 1.54) is 0 Å². The molecule has 1 atom stereocenters. The van der Waals surface area contributed by atoms with E-state index in [0.717, 1.165) is 12.2 Å². The Labute approximate surface area is 122 Å². The summed E-state index contributed by atoms with van der Waals surface area (Å²) >= 11 is 0. The molecule has 1 aromatic rings. The van der Waals surface area contributed by atoms with Crippen molar-refractivity contribution in [2.24, 2.45) is 11.3 Å². The van der Waals surface area contributed by atoms with E-state index in [0.29, 0.717) is 17.2 Å². The summed E-state index contributed by atoms with van der Waals surface area (Å²) in [5.41, 5.74) is 8.38. The largest absolute Gasteiger partial charge is 0.397 e. The predicted molar refractivity (Wildman–Crippen MR) is 86.0 cm³/mol.